The lowest BCUT2D eigenvalue weighted by Gasteiger charge is -2.05. The van der Waals surface area contributed by atoms with Crippen molar-refractivity contribution >= 4 is 28.7 Å². The largest absolute Gasteiger partial charge is 0.354 e. The Morgan fingerprint density at radius 1 is 1.09 bits per heavy atom. The number of aryl methyl sites for hydroxylation is 1. The summed E-state index contributed by atoms with van der Waals surface area (Å²) in [6, 6.07) is 16.0. The van der Waals surface area contributed by atoms with E-state index in [1.54, 1.807) is 6.20 Å². The third-order valence-corrected chi connectivity index (χ3v) is 4.38. The minimum Gasteiger partial charge on any atom is -0.354 e. The van der Waals surface area contributed by atoms with E-state index < -0.39 is 0 Å². The van der Waals surface area contributed by atoms with E-state index in [2.05, 4.69) is 15.0 Å². The van der Waals surface area contributed by atoms with E-state index >= 15 is 0 Å². The summed E-state index contributed by atoms with van der Waals surface area (Å²) >= 11 is 1.51. The first-order chi connectivity index (χ1) is 11.3. The Bertz CT molecular complexity index is 929. The van der Waals surface area contributed by atoms with Gasteiger partial charge >= 0.3 is 0 Å². The highest BCUT2D eigenvalue weighted by atomic mass is 32.2. The lowest BCUT2D eigenvalue weighted by Crippen LogP contribution is -1.94. The summed E-state index contributed by atoms with van der Waals surface area (Å²) in [6.07, 6.45) is 3.69. The number of rotatable bonds is 4. The van der Waals surface area contributed by atoms with Gasteiger partial charge in [0.25, 0.3) is 0 Å². The van der Waals surface area contributed by atoms with Crippen LogP contribution in [0.1, 0.15) is 5.56 Å². The molecule has 2 aromatic heterocycles. The zero-order valence-electron chi connectivity index (χ0n) is 12.4. The Kier molecular flexibility index (Phi) is 3.51. The first-order valence-corrected chi connectivity index (χ1v) is 8.01. The number of anilines is 1. The van der Waals surface area contributed by atoms with Crippen LogP contribution in [-0.2, 0) is 0 Å². The Morgan fingerprint density at radius 2 is 1.96 bits per heavy atom. The van der Waals surface area contributed by atoms with Gasteiger partial charge in [0.15, 0.2) is 11.4 Å². The number of nitrogens with one attached hydrogen (secondary N) is 1. The molecule has 0 radical (unpaired) electrons. The van der Waals surface area contributed by atoms with E-state index in [0.717, 1.165) is 32.9 Å². The molecule has 0 unspecified atom stereocenters. The van der Waals surface area contributed by atoms with Crippen molar-refractivity contribution in [3.63, 3.8) is 0 Å². The molecule has 0 saturated carbocycles. The fourth-order valence-corrected chi connectivity index (χ4v) is 3.05. The molecule has 0 atom stereocenters. The quantitative estimate of drug-likeness (QED) is 0.563. The average Bonchev–Trinajstić information content (AvgIpc) is 3.24. The van der Waals surface area contributed by atoms with Crippen LogP contribution < -0.4 is 4.72 Å². The predicted octanol–water partition coefficient (Wildman–Crippen LogP) is 4.44. The van der Waals surface area contributed by atoms with E-state index in [0.29, 0.717) is 0 Å². The Morgan fingerprint density at radius 3 is 2.74 bits per heavy atom. The smallest absolute Gasteiger partial charge is 0.187 e. The van der Waals surface area contributed by atoms with Crippen molar-refractivity contribution < 1.29 is 4.52 Å². The molecule has 0 amide bonds. The first-order valence-electron chi connectivity index (χ1n) is 7.19. The molecule has 5 nitrogen and oxygen atoms in total. The minimum atomic E-state index is 0.749. The fraction of sp³-hybridized carbons (Fsp3) is 0.0588. The van der Waals surface area contributed by atoms with Crippen LogP contribution in [0.25, 0.3) is 16.7 Å². The zero-order valence-corrected chi connectivity index (χ0v) is 13.2. The molecule has 0 spiro atoms. The fourth-order valence-electron chi connectivity index (χ4n) is 2.43. The van der Waals surface area contributed by atoms with Crippen molar-refractivity contribution in [1.82, 2.24) is 14.9 Å². The molecule has 114 valence electrons. The van der Waals surface area contributed by atoms with Crippen LogP contribution in [0.5, 0.6) is 0 Å². The van der Waals surface area contributed by atoms with Crippen LogP contribution in [0.3, 0.4) is 0 Å². The molecule has 0 bridgehead atoms. The second-order valence-corrected chi connectivity index (χ2v) is 6.01. The molecule has 4 rings (SSSR count). The van der Waals surface area contributed by atoms with Crippen molar-refractivity contribution in [3.05, 3.63) is 66.5 Å². The summed E-state index contributed by atoms with van der Waals surface area (Å²) in [5, 5.41) is 9.35. The topological polar surface area (TPSA) is 55.9 Å². The summed E-state index contributed by atoms with van der Waals surface area (Å²) in [6.45, 7) is 2.05. The van der Waals surface area contributed by atoms with Crippen LogP contribution in [0.15, 0.2) is 70.3 Å². The van der Waals surface area contributed by atoms with Crippen molar-refractivity contribution in [1.29, 1.82) is 0 Å². The SMILES string of the molecule is Cc1cccc2onc(NSc3ccc(-n4cccn4)cc3)c12. The second-order valence-electron chi connectivity index (χ2n) is 5.13. The van der Waals surface area contributed by atoms with Crippen molar-refractivity contribution in [2.75, 3.05) is 4.72 Å². The Balaban J connectivity index is 1.52. The van der Waals surface area contributed by atoms with E-state index in [1.165, 1.54) is 11.9 Å². The van der Waals surface area contributed by atoms with E-state index in [9.17, 15) is 0 Å². The molecule has 0 saturated heterocycles. The van der Waals surface area contributed by atoms with Gasteiger partial charge in [-0.1, -0.05) is 17.3 Å². The summed E-state index contributed by atoms with van der Waals surface area (Å²) in [5.41, 5.74) is 2.96. The van der Waals surface area contributed by atoms with Gasteiger partial charge in [0.1, 0.15) is 0 Å². The number of benzene rings is 2. The molecule has 2 heterocycles. The summed E-state index contributed by atoms with van der Waals surface area (Å²) in [5.74, 6) is 0.749. The molecule has 2 aromatic carbocycles. The third kappa shape index (κ3) is 2.68. The van der Waals surface area contributed by atoms with Gasteiger partial charge in [0.05, 0.1) is 11.1 Å². The van der Waals surface area contributed by atoms with Crippen LogP contribution in [-0.4, -0.2) is 14.9 Å². The molecular weight excluding hydrogens is 308 g/mol. The van der Waals surface area contributed by atoms with Crippen molar-refractivity contribution in [2.24, 2.45) is 0 Å². The number of hydrogen-bond donors (Lipinski definition) is 1. The highest BCUT2D eigenvalue weighted by Crippen LogP contribution is 2.29. The minimum absolute atomic E-state index is 0.749. The van der Waals surface area contributed by atoms with Gasteiger partial charge < -0.3 is 9.25 Å². The maximum absolute atomic E-state index is 5.35. The van der Waals surface area contributed by atoms with E-state index in [4.69, 9.17) is 4.52 Å². The van der Waals surface area contributed by atoms with Crippen LogP contribution >= 0.6 is 11.9 Å². The normalized spacial score (nSPS) is 11.0. The molecular formula is C17H14N4OS. The van der Waals surface area contributed by atoms with Gasteiger partial charge in [0, 0.05) is 17.3 Å². The number of nitrogens with zero attached hydrogens (tertiary/aromatic N) is 3. The van der Waals surface area contributed by atoms with Gasteiger partial charge in [-0.15, -0.1) is 0 Å². The first kappa shape index (κ1) is 13.9. The van der Waals surface area contributed by atoms with E-state index in [1.807, 2.05) is 66.3 Å². The second kappa shape index (κ2) is 5.81. The molecule has 1 N–H and O–H groups in total. The Hall–Kier alpha value is -2.73. The van der Waals surface area contributed by atoms with Crippen molar-refractivity contribution in [3.8, 4) is 5.69 Å². The average molecular weight is 322 g/mol. The maximum atomic E-state index is 5.35. The molecule has 23 heavy (non-hydrogen) atoms. The maximum Gasteiger partial charge on any atom is 0.187 e. The van der Waals surface area contributed by atoms with Crippen LogP contribution in [0, 0.1) is 6.92 Å². The highest BCUT2D eigenvalue weighted by Gasteiger charge is 2.10. The monoisotopic (exact) mass is 322 g/mol. The Labute approximate surface area is 137 Å². The van der Waals surface area contributed by atoms with Gasteiger partial charge in [-0.25, -0.2) is 4.68 Å². The van der Waals surface area contributed by atoms with E-state index in [-0.39, 0.29) is 0 Å². The zero-order chi connectivity index (χ0) is 15.6. The summed E-state index contributed by atoms with van der Waals surface area (Å²) in [4.78, 5) is 1.09. The number of aromatic nitrogens is 3. The molecule has 0 fully saturated rings. The lowest BCUT2D eigenvalue weighted by atomic mass is 10.1. The van der Waals surface area contributed by atoms with Crippen LogP contribution in [0.2, 0.25) is 0 Å². The number of fused-ring (bicyclic) bond motifs is 1. The lowest BCUT2D eigenvalue weighted by molar-refractivity contribution is 0.460. The highest BCUT2D eigenvalue weighted by molar-refractivity contribution is 8.00. The summed E-state index contributed by atoms with van der Waals surface area (Å²) in [7, 11) is 0. The molecule has 4 aromatic rings. The predicted molar refractivity (Wildman–Crippen MR) is 91.8 cm³/mol. The molecule has 6 heteroatoms. The standard InChI is InChI=1S/C17H14N4OS/c1-12-4-2-5-15-16(12)17(19-22-15)20-23-14-8-6-13(7-9-14)21-11-3-10-18-21/h2-11H,1H3,(H,19,20). The van der Waals surface area contributed by atoms with Gasteiger partial charge in [0.2, 0.25) is 0 Å². The van der Waals surface area contributed by atoms with Gasteiger partial charge in [-0.05, 0) is 60.8 Å². The molecule has 0 aliphatic carbocycles. The van der Waals surface area contributed by atoms with Crippen molar-refractivity contribution in [2.45, 2.75) is 11.8 Å². The van der Waals surface area contributed by atoms with Gasteiger partial charge in [-0.2, -0.15) is 5.10 Å². The summed E-state index contributed by atoms with van der Waals surface area (Å²) < 4.78 is 10.4. The third-order valence-electron chi connectivity index (χ3n) is 3.58. The number of hydrogen-bond acceptors (Lipinski definition) is 5. The van der Waals surface area contributed by atoms with Crippen LogP contribution in [0.4, 0.5) is 5.82 Å². The molecule has 0 aliphatic heterocycles. The van der Waals surface area contributed by atoms with Gasteiger partial charge in [-0.3, -0.25) is 0 Å². The molecule has 0 aliphatic rings.